The monoisotopic (exact) mass is 237 g/mol. The maximum atomic E-state index is 10.6. The van der Waals surface area contributed by atoms with Gasteiger partial charge in [0.15, 0.2) is 0 Å². The molecule has 1 aliphatic carbocycles. The van der Waals surface area contributed by atoms with Gasteiger partial charge in [-0.2, -0.15) is 4.98 Å². The molecular formula is C11H15N3O3. The third-order valence-corrected chi connectivity index (χ3v) is 2.79. The van der Waals surface area contributed by atoms with Gasteiger partial charge in [-0.15, -0.1) is 0 Å². The molecule has 0 aliphatic heterocycles. The normalized spacial score (nSPS) is 13.3. The highest BCUT2D eigenvalue weighted by Crippen LogP contribution is 2.29. The van der Waals surface area contributed by atoms with E-state index in [9.17, 15) is 4.79 Å². The largest absolute Gasteiger partial charge is 0.481 e. The molecule has 0 bridgehead atoms. The van der Waals surface area contributed by atoms with E-state index in [2.05, 4.69) is 9.97 Å². The Morgan fingerprint density at radius 1 is 1.47 bits per heavy atom. The molecule has 0 unspecified atom stereocenters. The van der Waals surface area contributed by atoms with Crippen LogP contribution in [0.25, 0.3) is 0 Å². The summed E-state index contributed by atoms with van der Waals surface area (Å²) in [7, 11) is 3.23. The Morgan fingerprint density at radius 2 is 2.24 bits per heavy atom. The van der Waals surface area contributed by atoms with E-state index in [1.54, 1.807) is 14.2 Å². The maximum absolute atomic E-state index is 10.6. The molecule has 1 N–H and O–H groups in total. The molecule has 1 heterocycles. The van der Waals surface area contributed by atoms with Crippen LogP contribution in [0.1, 0.15) is 17.7 Å². The summed E-state index contributed by atoms with van der Waals surface area (Å²) in [5, 5.41) is 8.74. The van der Waals surface area contributed by atoms with Gasteiger partial charge in [0.25, 0.3) is 0 Å². The van der Waals surface area contributed by atoms with Crippen LogP contribution in [0.5, 0.6) is 5.88 Å². The number of methoxy groups -OCH3 is 1. The topological polar surface area (TPSA) is 75.5 Å². The van der Waals surface area contributed by atoms with Crippen molar-refractivity contribution in [1.82, 2.24) is 9.97 Å². The quantitative estimate of drug-likeness (QED) is 0.821. The molecule has 6 nitrogen and oxygen atoms in total. The minimum Gasteiger partial charge on any atom is -0.481 e. The number of ether oxygens (including phenoxy) is 1. The molecular weight excluding hydrogens is 222 g/mol. The van der Waals surface area contributed by atoms with Crippen LogP contribution < -0.4 is 9.64 Å². The molecule has 2 rings (SSSR count). The summed E-state index contributed by atoms with van der Waals surface area (Å²) in [5.74, 6) is 0.0696. The van der Waals surface area contributed by atoms with E-state index in [0.29, 0.717) is 11.8 Å². The van der Waals surface area contributed by atoms with E-state index in [1.165, 1.54) is 4.90 Å². The fourth-order valence-electron chi connectivity index (χ4n) is 2.00. The number of anilines is 1. The number of carboxylic acids is 1. The first-order valence-electron chi connectivity index (χ1n) is 5.48. The maximum Gasteiger partial charge on any atom is 0.323 e. The Morgan fingerprint density at radius 3 is 2.88 bits per heavy atom. The third-order valence-electron chi connectivity index (χ3n) is 2.79. The molecule has 0 aromatic carbocycles. The number of rotatable bonds is 4. The molecule has 0 saturated carbocycles. The molecule has 17 heavy (non-hydrogen) atoms. The van der Waals surface area contributed by atoms with Gasteiger partial charge in [0.1, 0.15) is 6.54 Å². The SMILES string of the molecule is COc1nc(N(C)CC(=O)O)nc2c1CCC2. The lowest BCUT2D eigenvalue weighted by Crippen LogP contribution is -2.27. The lowest BCUT2D eigenvalue weighted by Gasteiger charge is -2.16. The van der Waals surface area contributed by atoms with Gasteiger partial charge in [0, 0.05) is 12.6 Å². The summed E-state index contributed by atoms with van der Waals surface area (Å²) in [6.07, 6.45) is 2.88. The second-order valence-electron chi connectivity index (χ2n) is 4.06. The zero-order valence-corrected chi connectivity index (χ0v) is 9.93. The number of likely N-dealkylation sites (N-methyl/N-ethyl adjacent to an activating group) is 1. The predicted molar refractivity (Wildman–Crippen MR) is 61.5 cm³/mol. The number of hydrogen-bond acceptors (Lipinski definition) is 5. The predicted octanol–water partition coefficient (Wildman–Crippen LogP) is 0.495. The van der Waals surface area contributed by atoms with Crippen LogP contribution in [0, 0.1) is 0 Å². The summed E-state index contributed by atoms with van der Waals surface area (Å²) < 4.78 is 5.23. The first-order chi connectivity index (χ1) is 8.11. The minimum atomic E-state index is -0.907. The van der Waals surface area contributed by atoms with Crippen molar-refractivity contribution in [2.24, 2.45) is 0 Å². The summed E-state index contributed by atoms with van der Waals surface area (Å²) in [4.78, 5) is 20.8. The summed E-state index contributed by atoms with van der Waals surface area (Å²) in [6.45, 7) is -0.123. The van der Waals surface area contributed by atoms with Crippen molar-refractivity contribution < 1.29 is 14.6 Å². The van der Waals surface area contributed by atoms with Gasteiger partial charge < -0.3 is 14.7 Å². The van der Waals surface area contributed by atoms with Crippen molar-refractivity contribution in [3.63, 3.8) is 0 Å². The first-order valence-corrected chi connectivity index (χ1v) is 5.48. The second kappa shape index (κ2) is 4.57. The Hall–Kier alpha value is -1.85. The van der Waals surface area contributed by atoms with Crippen LogP contribution in [-0.2, 0) is 17.6 Å². The van der Waals surface area contributed by atoms with Gasteiger partial charge in [-0.3, -0.25) is 4.79 Å². The molecule has 6 heteroatoms. The number of aromatic nitrogens is 2. The highest BCUT2D eigenvalue weighted by Gasteiger charge is 2.21. The average Bonchev–Trinajstić information content (AvgIpc) is 2.74. The average molecular weight is 237 g/mol. The third kappa shape index (κ3) is 2.30. The van der Waals surface area contributed by atoms with Gasteiger partial charge in [0.2, 0.25) is 11.8 Å². The molecule has 1 aromatic rings. The van der Waals surface area contributed by atoms with Crippen molar-refractivity contribution in [1.29, 1.82) is 0 Å². The standard InChI is InChI=1S/C11H15N3O3/c1-14(6-9(15)16)11-12-8-5-3-4-7(8)10(13-11)17-2/h3-6H2,1-2H3,(H,15,16). The highest BCUT2D eigenvalue weighted by atomic mass is 16.5. The number of carboxylic acid groups (broad SMARTS) is 1. The van der Waals surface area contributed by atoms with Gasteiger partial charge in [-0.1, -0.05) is 0 Å². The zero-order chi connectivity index (χ0) is 12.4. The molecule has 0 atom stereocenters. The van der Waals surface area contributed by atoms with Crippen molar-refractivity contribution in [2.45, 2.75) is 19.3 Å². The van der Waals surface area contributed by atoms with E-state index in [1.807, 2.05) is 0 Å². The highest BCUT2D eigenvalue weighted by molar-refractivity contribution is 5.72. The van der Waals surface area contributed by atoms with Crippen LogP contribution >= 0.6 is 0 Å². The Bertz CT molecular complexity index is 448. The van der Waals surface area contributed by atoms with Crippen molar-refractivity contribution in [3.05, 3.63) is 11.3 Å². The Labute approximate surface area is 99.2 Å². The molecule has 0 saturated heterocycles. The molecule has 0 radical (unpaired) electrons. The molecule has 1 aromatic heterocycles. The Kier molecular flexibility index (Phi) is 3.12. The van der Waals surface area contributed by atoms with Crippen LogP contribution in [0.4, 0.5) is 5.95 Å². The number of aliphatic carboxylic acids is 1. The van der Waals surface area contributed by atoms with Crippen molar-refractivity contribution in [2.75, 3.05) is 25.6 Å². The summed E-state index contributed by atoms with van der Waals surface area (Å²) in [5.41, 5.74) is 2.03. The van der Waals surface area contributed by atoms with E-state index in [-0.39, 0.29) is 6.54 Å². The smallest absolute Gasteiger partial charge is 0.323 e. The minimum absolute atomic E-state index is 0.123. The number of hydrogen-bond donors (Lipinski definition) is 1. The number of aryl methyl sites for hydroxylation is 1. The molecule has 0 fully saturated rings. The van der Waals surface area contributed by atoms with Gasteiger partial charge in [0.05, 0.1) is 12.8 Å². The second-order valence-corrected chi connectivity index (χ2v) is 4.06. The zero-order valence-electron chi connectivity index (χ0n) is 9.93. The van der Waals surface area contributed by atoms with E-state index < -0.39 is 5.97 Å². The molecule has 1 aliphatic rings. The fourth-order valence-corrected chi connectivity index (χ4v) is 2.00. The van der Waals surface area contributed by atoms with Crippen molar-refractivity contribution in [3.8, 4) is 5.88 Å². The van der Waals surface area contributed by atoms with Crippen LogP contribution in [0.15, 0.2) is 0 Å². The van der Waals surface area contributed by atoms with Gasteiger partial charge >= 0.3 is 5.97 Å². The van der Waals surface area contributed by atoms with Gasteiger partial charge in [-0.05, 0) is 19.3 Å². The van der Waals surface area contributed by atoms with Crippen LogP contribution in [0.2, 0.25) is 0 Å². The molecule has 92 valence electrons. The van der Waals surface area contributed by atoms with Crippen LogP contribution in [0.3, 0.4) is 0 Å². The van der Waals surface area contributed by atoms with Crippen molar-refractivity contribution >= 4 is 11.9 Å². The van der Waals surface area contributed by atoms with Gasteiger partial charge in [-0.25, -0.2) is 4.98 Å². The Balaban J connectivity index is 2.33. The van der Waals surface area contributed by atoms with E-state index >= 15 is 0 Å². The number of carbonyl (C=O) groups is 1. The number of nitrogens with zero attached hydrogens (tertiary/aromatic N) is 3. The lowest BCUT2D eigenvalue weighted by molar-refractivity contribution is -0.135. The molecule has 0 amide bonds. The van der Waals surface area contributed by atoms with E-state index in [4.69, 9.17) is 9.84 Å². The van der Waals surface area contributed by atoms with Crippen LogP contribution in [-0.4, -0.2) is 41.7 Å². The first kappa shape index (κ1) is 11.6. The number of fused-ring (bicyclic) bond motifs is 1. The molecule has 0 spiro atoms. The summed E-state index contributed by atoms with van der Waals surface area (Å²) in [6, 6.07) is 0. The lowest BCUT2D eigenvalue weighted by atomic mass is 10.2. The van der Waals surface area contributed by atoms with E-state index in [0.717, 1.165) is 30.5 Å². The summed E-state index contributed by atoms with van der Waals surface area (Å²) >= 11 is 0. The fraction of sp³-hybridized carbons (Fsp3) is 0.545.